The van der Waals surface area contributed by atoms with Crippen LogP contribution in [0, 0.1) is 0 Å². The first-order chi connectivity index (χ1) is 9.93. The van der Waals surface area contributed by atoms with Crippen LogP contribution in [-0.4, -0.2) is 36.8 Å². The van der Waals surface area contributed by atoms with E-state index in [1.54, 1.807) is 5.56 Å². The standard InChI is InChI=1S/C14H16N2.CH4O3S/c1-3-11-10-4-2-6-15-13(10)7-9-8-16-12(5-1)14(9)11;1-5(2,3)4/h1,3,5,8,10,13,15-16H,2,4,6-7H2;1H3,(H,2,3,4)/t10-,13-;/m1./s1. The van der Waals surface area contributed by atoms with Crippen molar-refractivity contribution >= 4 is 21.0 Å². The summed E-state index contributed by atoms with van der Waals surface area (Å²) >= 11 is 0. The maximum Gasteiger partial charge on any atom is 0.261 e. The van der Waals surface area contributed by atoms with Gasteiger partial charge in [-0.3, -0.25) is 4.55 Å². The highest BCUT2D eigenvalue weighted by atomic mass is 32.2. The summed E-state index contributed by atoms with van der Waals surface area (Å²) in [4.78, 5) is 3.40. The van der Waals surface area contributed by atoms with Crippen molar-refractivity contribution in [3.05, 3.63) is 35.5 Å². The van der Waals surface area contributed by atoms with Crippen molar-refractivity contribution in [2.45, 2.75) is 31.2 Å². The van der Waals surface area contributed by atoms with Crippen LogP contribution in [0.25, 0.3) is 10.9 Å². The molecule has 5 nitrogen and oxygen atoms in total. The van der Waals surface area contributed by atoms with Crippen LogP contribution in [0.5, 0.6) is 0 Å². The molecule has 0 bridgehead atoms. The van der Waals surface area contributed by atoms with E-state index in [1.165, 1.54) is 42.3 Å². The van der Waals surface area contributed by atoms with Gasteiger partial charge in [0.1, 0.15) is 0 Å². The number of fused-ring (bicyclic) bond motifs is 2. The molecule has 0 radical (unpaired) electrons. The third-order valence-corrected chi connectivity index (χ3v) is 4.24. The number of benzene rings is 1. The van der Waals surface area contributed by atoms with Crippen LogP contribution in [0.15, 0.2) is 24.4 Å². The summed E-state index contributed by atoms with van der Waals surface area (Å²) in [5.41, 5.74) is 4.38. The second-order valence-corrected chi connectivity index (χ2v) is 7.30. The Bertz CT molecular complexity index is 743. The SMILES string of the molecule is CS(=O)(=O)O.c1cc2c3c(c[nH]c3c1)C[C@H]1NCCC[C@H]21. The summed E-state index contributed by atoms with van der Waals surface area (Å²) in [5, 5.41) is 5.19. The molecule has 1 aliphatic heterocycles. The average Bonchev–Trinajstić information content (AvgIpc) is 2.82. The van der Waals surface area contributed by atoms with E-state index in [-0.39, 0.29) is 0 Å². The van der Waals surface area contributed by atoms with E-state index in [1.807, 2.05) is 0 Å². The molecule has 1 saturated heterocycles. The summed E-state index contributed by atoms with van der Waals surface area (Å²) in [7, 11) is -3.67. The first-order valence-electron chi connectivity index (χ1n) is 7.18. The second kappa shape index (κ2) is 5.44. The molecule has 1 fully saturated rings. The van der Waals surface area contributed by atoms with Gasteiger partial charge in [0.05, 0.1) is 6.26 Å². The van der Waals surface area contributed by atoms with E-state index in [0.717, 1.165) is 5.92 Å². The maximum absolute atomic E-state index is 9.19. The molecule has 2 aromatic rings. The summed E-state index contributed by atoms with van der Waals surface area (Å²) in [5.74, 6) is 0.737. The molecule has 0 amide bonds. The normalized spacial score (nSPS) is 24.1. The Morgan fingerprint density at radius 1 is 1.33 bits per heavy atom. The van der Waals surface area contributed by atoms with Gasteiger partial charge in [-0.2, -0.15) is 8.42 Å². The van der Waals surface area contributed by atoms with Crippen LogP contribution in [0.1, 0.15) is 29.9 Å². The lowest BCUT2D eigenvalue weighted by Gasteiger charge is -2.36. The molecular weight excluding hydrogens is 288 g/mol. The molecule has 1 aromatic heterocycles. The molecule has 2 heterocycles. The van der Waals surface area contributed by atoms with E-state index in [4.69, 9.17) is 4.55 Å². The van der Waals surface area contributed by atoms with Crippen molar-refractivity contribution in [1.29, 1.82) is 0 Å². The lowest BCUT2D eigenvalue weighted by atomic mass is 9.76. The number of nitrogens with one attached hydrogen (secondary N) is 2. The molecular formula is C15H20N2O3S. The Morgan fingerprint density at radius 3 is 2.86 bits per heavy atom. The molecule has 3 N–H and O–H groups in total. The van der Waals surface area contributed by atoms with Crippen molar-refractivity contribution in [2.24, 2.45) is 0 Å². The Kier molecular flexibility index (Phi) is 3.77. The van der Waals surface area contributed by atoms with Gasteiger partial charge in [0.25, 0.3) is 10.1 Å². The highest BCUT2D eigenvalue weighted by molar-refractivity contribution is 7.85. The van der Waals surface area contributed by atoms with Gasteiger partial charge in [-0.05, 0) is 43.0 Å². The van der Waals surface area contributed by atoms with Crippen molar-refractivity contribution < 1.29 is 13.0 Å². The zero-order valence-corrected chi connectivity index (χ0v) is 12.8. The number of aromatic amines is 1. The van der Waals surface area contributed by atoms with Gasteiger partial charge in [-0.15, -0.1) is 0 Å². The predicted molar refractivity (Wildman–Crippen MR) is 83.2 cm³/mol. The number of hydrogen-bond donors (Lipinski definition) is 3. The lowest BCUT2D eigenvalue weighted by Crippen LogP contribution is -2.43. The lowest BCUT2D eigenvalue weighted by molar-refractivity contribution is 0.345. The zero-order chi connectivity index (χ0) is 15.0. The fourth-order valence-electron chi connectivity index (χ4n) is 3.53. The Labute approximate surface area is 124 Å². The van der Waals surface area contributed by atoms with Gasteiger partial charge in [-0.25, -0.2) is 0 Å². The smallest absolute Gasteiger partial charge is 0.261 e. The van der Waals surface area contributed by atoms with Gasteiger partial charge < -0.3 is 10.3 Å². The largest absolute Gasteiger partial charge is 0.361 e. The molecule has 0 unspecified atom stereocenters. The van der Waals surface area contributed by atoms with Crippen LogP contribution in [0.3, 0.4) is 0 Å². The highest BCUT2D eigenvalue weighted by Crippen LogP contribution is 2.40. The minimum atomic E-state index is -3.67. The summed E-state index contributed by atoms with van der Waals surface area (Å²) in [6.45, 7) is 1.19. The second-order valence-electron chi connectivity index (χ2n) is 5.83. The molecule has 21 heavy (non-hydrogen) atoms. The molecule has 4 rings (SSSR count). The molecule has 6 heteroatoms. The molecule has 1 aromatic carbocycles. The van der Waals surface area contributed by atoms with Crippen LogP contribution < -0.4 is 5.32 Å². The molecule has 114 valence electrons. The van der Waals surface area contributed by atoms with Gasteiger partial charge in [0, 0.05) is 29.1 Å². The molecule has 2 aliphatic rings. The fourth-order valence-corrected chi connectivity index (χ4v) is 3.53. The first-order valence-corrected chi connectivity index (χ1v) is 9.03. The zero-order valence-electron chi connectivity index (χ0n) is 12.0. The van der Waals surface area contributed by atoms with Crippen LogP contribution in [0.4, 0.5) is 0 Å². The Hall–Kier alpha value is -1.37. The molecule has 0 spiro atoms. The first kappa shape index (κ1) is 14.6. The number of rotatable bonds is 0. The minimum absolute atomic E-state index is 0.669. The Morgan fingerprint density at radius 2 is 2.10 bits per heavy atom. The minimum Gasteiger partial charge on any atom is -0.361 e. The van der Waals surface area contributed by atoms with Crippen LogP contribution >= 0.6 is 0 Å². The quantitative estimate of drug-likeness (QED) is 0.651. The van der Waals surface area contributed by atoms with Gasteiger partial charge in [-0.1, -0.05) is 12.1 Å². The monoisotopic (exact) mass is 308 g/mol. The number of piperidine rings is 1. The van der Waals surface area contributed by atoms with Crippen molar-refractivity contribution in [3.8, 4) is 0 Å². The highest BCUT2D eigenvalue weighted by Gasteiger charge is 2.32. The van der Waals surface area contributed by atoms with Gasteiger partial charge in [0.2, 0.25) is 0 Å². The average molecular weight is 308 g/mol. The number of aromatic nitrogens is 1. The van der Waals surface area contributed by atoms with Crippen LogP contribution in [0.2, 0.25) is 0 Å². The van der Waals surface area contributed by atoms with Crippen LogP contribution in [-0.2, 0) is 16.5 Å². The van der Waals surface area contributed by atoms with E-state index in [0.29, 0.717) is 12.3 Å². The maximum atomic E-state index is 9.19. The van der Waals surface area contributed by atoms with E-state index in [2.05, 4.69) is 34.7 Å². The van der Waals surface area contributed by atoms with Crippen molar-refractivity contribution in [2.75, 3.05) is 12.8 Å². The van der Waals surface area contributed by atoms with Crippen molar-refractivity contribution in [1.82, 2.24) is 10.3 Å². The summed E-state index contributed by atoms with van der Waals surface area (Å²) < 4.78 is 25.9. The predicted octanol–water partition coefficient (Wildman–Crippen LogP) is 2.06. The van der Waals surface area contributed by atoms with Gasteiger partial charge >= 0.3 is 0 Å². The molecule has 2 atom stereocenters. The van der Waals surface area contributed by atoms with Crippen molar-refractivity contribution in [3.63, 3.8) is 0 Å². The third kappa shape index (κ3) is 3.12. The summed E-state index contributed by atoms with van der Waals surface area (Å²) in [6, 6.07) is 7.37. The van der Waals surface area contributed by atoms with Gasteiger partial charge in [0.15, 0.2) is 0 Å². The van der Waals surface area contributed by atoms with E-state index in [9.17, 15) is 8.42 Å². The summed E-state index contributed by atoms with van der Waals surface area (Å²) in [6.07, 6.45) is 6.77. The number of H-pyrrole nitrogens is 1. The number of hydrogen-bond acceptors (Lipinski definition) is 3. The molecule has 1 aliphatic carbocycles. The topological polar surface area (TPSA) is 82.2 Å². The fraction of sp³-hybridized carbons (Fsp3) is 0.467. The third-order valence-electron chi connectivity index (χ3n) is 4.24. The van der Waals surface area contributed by atoms with E-state index >= 15 is 0 Å². The molecule has 0 saturated carbocycles. The Balaban J connectivity index is 0.000000233. The van der Waals surface area contributed by atoms with E-state index < -0.39 is 10.1 Å².